The molecule has 0 aromatic heterocycles. The van der Waals surface area contributed by atoms with Crippen molar-refractivity contribution in [3.05, 3.63) is 34.9 Å². The average molecular weight is 281 g/mol. The fourth-order valence-electron chi connectivity index (χ4n) is 2.50. The Labute approximate surface area is 124 Å². The van der Waals surface area contributed by atoms with E-state index in [4.69, 9.17) is 11.6 Å². The molecule has 0 spiro atoms. The highest BCUT2D eigenvalue weighted by Crippen LogP contribution is 2.31. The van der Waals surface area contributed by atoms with Gasteiger partial charge in [-0.15, -0.1) is 0 Å². The lowest BCUT2D eigenvalue weighted by Crippen LogP contribution is -2.12. The lowest BCUT2D eigenvalue weighted by molar-refractivity contribution is 0.264. The molecular weight excluding hydrogens is 252 g/mol. The third-order valence-electron chi connectivity index (χ3n) is 3.62. The number of hydrogen-bond donors (Lipinski definition) is 0. The summed E-state index contributed by atoms with van der Waals surface area (Å²) in [5.41, 5.74) is 1.25. The molecule has 1 fully saturated rings. The van der Waals surface area contributed by atoms with Gasteiger partial charge >= 0.3 is 0 Å². The van der Waals surface area contributed by atoms with Gasteiger partial charge in [0.05, 0.1) is 0 Å². The minimum Gasteiger partial charge on any atom is -0.0840 e. The SMILES string of the molecule is CC(C)CC1CCC1.CC(C)Cc1ccccc1Cl. The van der Waals surface area contributed by atoms with Gasteiger partial charge in [-0.1, -0.05) is 76.8 Å². The summed E-state index contributed by atoms with van der Waals surface area (Å²) < 4.78 is 0. The molecule has 0 N–H and O–H groups in total. The highest BCUT2D eigenvalue weighted by Gasteiger charge is 2.17. The summed E-state index contributed by atoms with van der Waals surface area (Å²) >= 11 is 5.97. The van der Waals surface area contributed by atoms with Crippen molar-refractivity contribution in [2.75, 3.05) is 0 Å². The van der Waals surface area contributed by atoms with Gasteiger partial charge in [-0.05, 0) is 42.2 Å². The first kappa shape index (κ1) is 16.6. The van der Waals surface area contributed by atoms with E-state index in [0.717, 1.165) is 23.3 Å². The normalized spacial score (nSPS) is 15.1. The van der Waals surface area contributed by atoms with Gasteiger partial charge in [0.2, 0.25) is 0 Å². The zero-order valence-electron chi connectivity index (χ0n) is 13.0. The van der Waals surface area contributed by atoms with Gasteiger partial charge < -0.3 is 0 Å². The van der Waals surface area contributed by atoms with Crippen molar-refractivity contribution in [2.24, 2.45) is 17.8 Å². The van der Waals surface area contributed by atoms with Crippen LogP contribution in [0.3, 0.4) is 0 Å². The van der Waals surface area contributed by atoms with E-state index in [1.165, 1.54) is 31.2 Å². The third kappa shape index (κ3) is 7.01. The molecule has 0 unspecified atom stereocenters. The van der Waals surface area contributed by atoms with Crippen LogP contribution in [0.2, 0.25) is 5.02 Å². The molecule has 1 aromatic carbocycles. The van der Waals surface area contributed by atoms with Crippen LogP contribution >= 0.6 is 11.6 Å². The number of hydrogen-bond acceptors (Lipinski definition) is 0. The Morgan fingerprint density at radius 3 is 2.05 bits per heavy atom. The zero-order chi connectivity index (χ0) is 14.3. The largest absolute Gasteiger partial charge is 0.0840 e. The molecule has 0 saturated heterocycles. The Balaban J connectivity index is 0.000000200. The van der Waals surface area contributed by atoms with Gasteiger partial charge in [-0.3, -0.25) is 0 Å². The van der Waals surface area contributed by atoms with Crippen LogP contribution in [0.5, 0.6) is 0 Å². The van der Waals surface area contributed by atoms with Gasteiger partial charge in [0.15, 0.2) is 0 Å². The Morgan fingerprint density at radius 2 is 1.68 bits per heavy atom. The first-order valence-electron chi connectivity index (χ1n) is 7.72. The van der Waals surface area contributed by atoms with E-state index in [1.807, 2.05) is 18.2 Å². The van der Waals surface area contributed by atoms with Crippen molar-refractivity contribution in [1.82, 2.24) is 0 Å². The molecule has 2 rings (SSSR count). The first-order valence-corrected chi connectivity index (χ1v) is 8.10. The van der Waals surface area contributed by atoms with Crippen LogP contribution in [-0.4, -0.2) is 0 Å². The average Bonchev–Trinajstić information content (AvgIpc) is 2.27. The maximum atomic E-state index is 5.97. The second-order valence-corrected chi connectivity index (χ2v) is 7.02. The van der Waals surface area contributed by atoms with E-state index in [-0.39, 0.29) is 0 Å². The lowest BCUT2D eigenvalue weighted by atomic mass is 9.80. The van der Waals surface area contributed by atoms with Gasteiger partial charge in [0.25, 0.3) is 0 Å². The first-order chi connectivity index (χ1) is 8.99. The molecule has 0 aliphatic heterocycles. The summed E-state index contributed by atoms with van der Waals surface area (Å²) in [7, 11) is 0. The molecule has 1 heteroatoms. The summed E-state index contributed by atoms with van der Waals surface area (Å²) in [5, 5.41) is 0.890. The van der Waals surface area contributed by atoms with Crippen LogP contribution in [-0.2, 0) is 6.42 Å². The van der Waals surface area contributed by atoms with Gasteiger partial charge in [-0.2, -0.15) is 0 Å². The predicted molar refractivity (Wildman–Crippen MR) is 86.8 cm³/mol. The van der Waals surface area contributed by atoms with Crippen LogP contribution in [0, 0.1) is 17.8 Å². The van der Waals surface area contributed by atoms with Crippen molar-refractivity contribution < 1.29 is 0 Å². The highest BCUT2D eigenvalue weighted by molar-refractivity contribution is 6.31. The van der Waals surface area contributed by atoms with E-state index in [2.05, 4.69) is 33.8 Å². The van der Waals surface area contributed by atoms with Gasteiger partial charge in [0, 0.05) is 5.02 Å². The third-order valence-corrected chi connectivity index (χ3v) is 3.98. The van der Waals surface area contributed by atoms with E-state index >= 15 is 0 Å². The summed E-state index contributed by atoms with van der Waals surface area (Å²) in [4.78, 5) is 0. The molecule has 0 amide bonds. The van der Waals surface area contributed by atoms with E-state index in [1.54, 1.807) is 0 Å². The molecule has 0 heterocycles. The Morgan fingerprint density at radius 1 is 1.05 bits per heavy atom. The summed E-state index contributed by atoms with van der Waals surface area (Å²) in [5.74, 6) is 2.71. The van der Waals surface area contributed by atoms with Crippen LogP contribution < -0.4 is 0 Å². The summed E-state index contributed by atoms with van der Waals surface area (Å²) in [6.07, 6.45) is 7.06. The van der Waals surface area contributed by atoms with Crippen molar-refractivity contribution in [1.29, 1.82) is 0 Å². The monoisotopic (exact) mass is 280 g/mol. The van der Waals surface area contributed by atoms with Crippen molar-refractivity contribution >= 4 is 11.6 Å². The van der Waals surface area contributed by atoms with E-state index in [9.17, 15) is 0 Å². The lowest BCUT2D eigenvalue weighted by Gasteiger charge is -2.26. The number of benzene rings is 1. The molecule has 1 saturated carbocycles. The predicted octanol–water partition coefficient (Wildman–Crippen LogP) is 6.37. The molecule has 1 aromatic rings. The molecule has 1 aliphatic rings. The Hall–Kier alpha value is -0.490. The van der Waals surface area contributed by atoms with Crippen LogP contribution in [0.4, 0.5) is 0 Å². The van der Waals surface area contributed by atoms with Crippen molar-refractivity contribution in [2.45, 2.75) is 59.8 Å². The molecule has 0 radical (unpaired) electrons. The van der Waals surface area contributed by atoms with E-state index < -0.39 is 0 Å². The molecule has 0 nitrogen and oxygen atoms in total. The topological polar surface area (TPSA) is 0 Å². The summed E-state index contributed by atoms with van der Waals surface area (Å²) in [6, 6.07) is 8.03. The van der Waals surface area contributed by atoms with Crippen LogP contribution in [0.15, 0.2) is 24.3 Å². The maximum absolute atomic E-state index is 5.97. The highest BCUT2D eigenvalue weighted by atomic mass is 35.5. The standard InChI is InChI=1S/C10H13Cl.C8H16/c1-8(2)7-9-5-3-4-6-10(9)11;1-7(2)6-8-4-3-5-8/h3-6,8H,7H2,1-2H3;7-8H,3-6H2,1-2H3. The fraction of sp³-hybridized carbons (Fsp3) is 0.667. The number of halogens is 1. The molecular formula is C18H29Cl. The molecule has 0 atom stereocenters. The summed E-state index contributed by atoms with van der Waals surface area (Å²) in [6.45, 7) is 9.03. The van der Waals surface area contributed by atoms with Crippen molar-refractivity contribution in [3.63, 3.8) is 0 Å². The van der Waals surface area contributed by atoms with Gasteiger partial charge in [-0.25, -0.2) is 0 Å². The van der Waals surface area contributed by atoms with Crippen molar-refractivity contribution in [3.8, 4) is 0 Å². The van der Waals surface area contributed by atoms with E-state index in [0.29, 0.717) is 5.92 Å². The van der Waals surface area contributed by atoms with Crippen LogP contribution in [0.1, 0.15) is 58.9 Å². The molecule has 0 bridgehead atoms. The second kappa shape index (κ2) is 8.64. The molecule has 1 aliphatic carbocycles. The maximum Gasteiger partial charge on any atom is 0.0438 e. The minimum atomic E-state index is 0.676. The molecule has 108 valence electrons. The van der Waals surface area contributed by atoms with Crippen LogP contribution in [0.25, 0.3) is 0 Å². The smallest absolute Gasteiger partial charge is 0.0438 e. The number of rotatable bonds is 4. The quantitative estimate of drug-likeness (QED) is 0.601. The molecule has 19 heavy (non-hydrogen) atoms. The second-order valence-electron chi connectivity index (χ2n) is 6.62. The minimum absolute atomic E-state index is 0.676. The Bertz CT molecular complexity index is 350. The zero-order valence-corrected chi connectivity index (χ0v) is 13.7. The Kier molecular flexibility index (Phi) is 7.53. The fourth-order valence-corrected chi connectivity index (χ4v) is 2.71. The van der Waals surface area contributed by atoms with Gasteiger partial charge in [0.1, 0.15) is 0 Å².